The fraction of sp³-hybridized carbons (Fsp3) is 0.773. The molecule has 3 rings (SSSR count). The smallest absolute Gasteiger partial charge is 0.320 e. The van der Waals surface area contributed by atoms with Crippen LogP contribution < -0.4 is 5.32 Å². The first kappa shape index (κ1) is 20.4. The van der Waals surface area contributed by atoms with E-state index in [1.807, 2.05) is 13.8 Å². The number of carbonyl (C=O) groups is 1. The highest BCUT2D eigenvalue weighted by atomic mass is 16.6. The summed E-state index contributed by atoms with van der Waals surface area (Å²) in [6.45, 7) is 11.0. The molecule has 1 N–H and O–H groups in total. The van der Waals surface area contributed by atoms with Gasteiger partial charge in [0.15, 0.2) is 0 Å². The van der Waals surface area contributed by atoms with Gasteiger partial charge in [-0.25, -0.2) is 0 Å². The summed E-state index contributed by atoms with van der Waals surface area (Å²) >= 11 is 0. The van der Waals surface area contributed by atoms with E-state index in [0.29, 0.717) is 0 Å². The maximum absolute atomic E-state index is 12.2. The van der Waals surface area contributed by atoms with Crippen LogP contribution >= 0.6 is 0 Å². The number of carbonyl (C=O) groups excluding carboxylic acids is 1. The lowest BCUT2D eigenvalue weighted by atomic mass is 9.70. The molecule has 5 nitrogen and oxygen atoms in total. The summed E-state index contributed by atoms with van der Waals surface area (Å²) in [6.07, 6.45) is 11.3. The third-order valence-corrected chi connectivity index (χ3v) is 6.28. The molecule has 3 aliphatic rings. The molecule has 5 heteroatoms. The Bertz CT molecular complexity index is 654. The van der Waals surface area contributed by atoms with E-state index in [1.165, 1.54) is 5.57 Å². The second-order valence-electron chi connectivity index (χ2n) is 9.22. The Balaban J connectivity index is 1.56. The molecule has 1 spiro atoms. The van der Waals surface area contributed by atoms with Crippen LogP contribution in [0, 0.1) is 18.3 Å². The Morgan fingerprint density at radius 2 is 2.15 bits per heavy atom. The number of ether oxygens (including phenoxy) is 3. The molecule has 1 unspecified atom stereocenters. The Labute approximate surface area is 163 Å². The van der Waals surface area contributed by atoms with Crippen molar-refractivity contribution in [2.24, 2.45) is 5.92 Å². The number of hydrogen-bond donors (Lipinski definition) is 1. The van der Waals surface area contributed by atoms with Gasteiger partial charge in [0.05, 0.1) is 36.0 Å². The van der Waals surface area contributed by atoms with Crippen LogP contribution in [0.5, 0.6) is 0 Å². The molecule has 0 aromatic carbocycles. The van der Waals surface area contributed by atoms with Gasteiger partial charge in [0.2, 0.25) is 0 Å². The quantitative estimate of drug-likeness (QED) is 0.321. The van der Waals surface area contributed by atoms with Gasteiger partial charge in [-0.3, -0.25) is 10.1 Å². The molecule has 27 heavy (non-hydrogen) atoms. The third-order valence-electron chi connectivity index (χ3n) is 6.28. The number of nitrogens with one attached hydrogen (secondary N) is 1. The Morgan fingerprint density at radius 1 is 1.44 bits per heavy atom. The van der Waals surface area contributed by atoms with E-state index in [9.17, 15) is 4.79 Å². The second kappa shape index (κ2) is 7.24. The minimum Gasteiger partial charge on any atom is -0.461 e. The zero-order valence-electron chi connectivity index (χ0n) is 17.3. The molecule has 0 aromatic rings. The average molecular weight is 376 g/mol. The van der Waals surface area contributed by atoms with Gasteiger partial charge in [0.25, 0.3) is 0 Å². The van der Waals surface area contributed by atoms with E-state index < -0.39 is 5.54 Å². The van der Waals surface area contributed by atoms with Crippen molar-refractivity contribution in [3.05, 3.63) is 11.6 Å². The van der Waals surface area contributed by atoms with Crippen LogP contribution in [0.4, 0.5) is 0 Å². The summed E-state index contributed by atoms with van der Waals surface area (Å²) < 4.78 is 17.8. The van der Waals surface area contributed by atoms with Crippen LogP contribution in [0.3, 0.4) is 0 Å². The third kappa shape index (κ3) is 4.56. The van der Waals surface area contributed by atoms with E-state index in [4.69, 9.17) is 20.6 Å². The normalized spacial score (nSPS) is 37.4. The summed E-state index contributed by atoms with van der Waals surface area (Å²) in [5.74, 6) is 2.64. The van der Waals surface area contributed by atoms with Crippen molar-refractivity contribution in [2.45, 2.75) is 89.3 Å². The zero-order chi connectivity index (χ0) is 19.9. The number of hydrogen-bond acceptors (Lipinski definition) is 5. The first-order chi connectivity index (χ1) is 12.6. The standard InChI is InChI=1S/C22H33NO4/c1-7-20(4,5)23-13-19(24)26-16-10-11-22(14-25-22)17(12-16)21(6)18(27-21)9-8-15(2)3/h1,8,16-18,23H,9-14H2,2-6H3/t16-,17?,18-,21-,22+/m1/s1. The second-order valence-corrected chi connectivity index (χ2v) is 9.22. The number of rotatable bonds is 7. The molecule has 0 aromatic heterocycles. The highest BCUT2D eigenvalue weighted by Gasteiger charge is 2.68. The molecule has 5 atom stereocenters. The highest BCUT2D eigenvalue weighted by molar-refractivity contribution is 5.72. The fourth-order valence-electron chi connectivity index (χ4n) is 4.25. The summed E-state index contributed by atoms with van der Waals surface area (Å²) in [5, 5.41) is 3.05. The molecule has 0 bridgehead atoms. The Morgan fingerprint density at radius 3 is 2.74 bits per heavy atom. The first-order valence-corrected chi connectivity index (χ1v) is 9.98. The lowest BCUT2D eigenvalue weighted by Gasteiger charge is -2.36. The molecule has 1 aliphatic carbocycles. The van der Waals surface area contributed by atoms with Crippen molar-refractivity contribution in [1.29, 1.82) is 0 Å². The van der Waals surface area contributed by atoms with E-state index in [0.717, 1.165) is 32.3 Å². The maximum atomic E-state index is 12.2. The van der Waals surface area contributed by atoms with Crippen molar-refractivity contribution in [2.75, 3.05) is 13.2 Å². The topological polar surface area (TPSA) is 63.4 Å². The van der Waals surface area contributed by atoms with Crippen molar-refractivity contribution in [1.82, 2.24) is 5.32 Å². The minimum absolute atomic E-state index is 0.0684. The van der Waals surface area contributed by atoms with Crippen LogP contribution in [0.2, 0.25) is 0 Å². The van der Waals surface area contributed by atoms with Crippen molar-refractivity contribution in [3.8, 4) is 12.3 Å². The molecule has 2 saturated heterocycles. The first-order valence-electron chi connectivity index (χ1n) is 9.98. The van der Waals surface area contributed by atoms with Crippen LogP contribution in [-0.2, 0) is 19.0 Å². The molecular weight excluding hydrogens is 342 g/mol. The van der Waals surface area contributed by atoms with E-state index in [-0.39, 0.29) is 41.8 Å². The lowest BCUT2D eigenvalue weighted by molar-refractivity contribution is -0.152. The van der Waals surface area contributed by atoms with Crippen molar-refractivity contribution < 1.29 is 19.0 Å². The predicted octanol–water partition coefficient (Wildman–Crippen LogP) is 2.98. The van der Waals surface area contributed by atoms with Crippen molar-refractivity contribution >= 4 is 5.97 Å². The van der Waals surface area contributed by atoms with Crippen LogP contribution in [0.25, 0.3) is 0 Å². The largest absolute Gasteiger partial charge is 0.461 e. The van der Waals surface area contributed by atoms with Gasteiger partial charge in [-0.2, -0.15) is 0 Å². The monoisotopic (exact) mass is 375 g/mol. The molecular formula is C22H33NO4. The van der Waals surface area contributed by atoms with Gasteiger partial charge in [-0.15, -0.1) is 6.42 Å². The fourth-order valence-corrected chi connectivity index (χ4v) is 4.25. The predicted molar refractivity (Wildman–Crippen MR) is 104 cm³/mol. The van der Waals surface area contributed by atoms with Gasteiger partial charge in [-0.05, 0) is 60.3 Å². The van der Waals surface area contributed by atoms with Gasteiger partial charge in [0.1, 0.15) is 6.10 Å². The van der Waals surface area contributed by atoms with Gasteiger partial charge in [-0.1, -0.05) is 17.6 Å². The van der Waals surface area contributed by atoms with Gasteiger partial charge >= 0.3 is 5.97 Å². The Hall–Kier alpha value is -1.35. The van der Waals surface area contributed by atoms with Crippen molar-refractivity contribution in [3.63, 3.8) is 0 Å². The summed E-state index contributed by atoms with van der Waals surface area (Å²) in [7, 11) is 0. The van der Waals surface area contributed by atoms with E-state index in [1.54, 1.807) is 0 Å². The maximum Gasteiger partial charge on any atom is 0.320 e. The molecule has 1 saturated carbocycles. The molecule has 2 aliphatic heterocycles. The Kier molecular flexibility index (Phi) is 5.46. The zero-order valence-corrected chi connectivity index (χ0v) is 17.3. The van der Waals surface area contributed by atoms with E-state index in [2.05, 4.69) is 38.1 Å². The molecule has 150 valence electrons. The lowest BCUT2D eigenvalue weighted by Crippen LogP contribution is -2.46. The number of epoxide rings is 2. The molecule has 3 fully saturated rings. The van der Waals surface area contributed by atoms with Gasteiger partial charge in [0, 0.05) is 5.92 Å². The minimum atomic E-state index is -0.520. The van der Waals surface area contributed by atoms with Crippen LogP contribution in [-0.4, -0.2) is 48.1 Å². The molecule has 0 amide bonds. The number of esters is 1. The van der Waals surface area contributed by atoms with Crippen LogP contribution in [0.1, 0.15) is 60.3 Å². The highest BCUT2D eigenvalue weighted by Crippen LogP contribution is 2.59. The van der Waals surface area contributed by atoms with E-state index >= 15 is 0 Å². The van der Waals surface area contributed by atoms with Gasteiger partial charge < -0.3 is 14.2 Å². The average Bonchev–Trinajstić information content (AvgIpc) is 3.51. The summed E-state index contributed by atoms with van der Waals surface area (Å²) in [4.78, 5) is 12.2. The molecule has 2 heterocycles. The summed E-state index contributed by atoms with van der Waals surface area (Å²) in [6, 6.07) is 0. The number of allylic oxidation sites excluding steroid dienone is 1. The molecule has 0 radical (unpaired) electrons. The SMILES string of the molecule is C#CC(C)(C)NCC(=O)O[C@@H]1CC[C@]2(CO2)C([C@@]2(C)O[C@@H]2CC=C(C)C)C1. The number of terminal acetylenes is 1. The van der Waals surface area contributed by atoms with Crippen LogP contribution in [0.15, 0.2) is 11.6 Å². The summed E-state index contributed by atoms with van der Waals surface area (Å²) in [5.41, 5.74) is 0.536.